The molecule has 29 heavy (non-hydrogen) atoms. The summed E-state index contributed by atoms with van der Waals surface area (Å²) in [6.07, 6.45) is 0. The maximum Gasteiger partial charge on any atom is 0.191 e. The average Bonchev–Trinajstić information content (AvgIpc) is 2.72. The fourth-order valence-corrected chi connectivity index (χ4v) is 3.49. The molecule has 0 unspecified atom stereocenters. The highest BCUT2D eigenvalue weighted by molar-refractivity contribution is 14.0. The highest BCUT2D eigenvalue weighted by atomic mass is 127. The molecule has 0 saturated carbocycles. The number of ether oxygens (including phenoxy) is 1. The summed E-state index contributed by atoms with van der Waals surface area (Å²) < 4.78 is 5.49. The van der Waals surface area contributed by atoms with Gasteiger partial charge in [-0.1, -0.05) is 42.0 Å². The number of benzene rings is 2. The largest absolute Gasteiger partial charge is 0.378 e. The van der Waals surface area contributed by atoms with Crippen LogP contribution in [0.15, 0.2) is 47.5 Å². The fourth-order valence-electron chi connectivity index (χ4n) is 3.49. The Morgan fingerprint density at radius 2 is 1.79 bits per heavy atom. The number of para-hydroxylation sites is 1. The number of hydrogen-bond acceptors (Lipinski definition) is 3. The lowest BCUT2D eigenvalue weighted by Gasteiger charge is -2.30. The summed E-state index contributed by atoms with van der Waals surface area (Å²) in [4.78, 5) is 7.23. The molecule has 0 aromatic heterocycles. The third kappa shape index (κ3) is 6.89. The number of nitrogens with zero attached hydrogens (tertiary/aromatic N) is 2. The van der Waals surface area contributed by atoms with E-state index in [1.807, 2.05) is 0 Å². The lowest BCUT2D eigenvalue weighted by molar-refractivity contribution is 0.122. The van der Waals surface area contributed by atoms with Crippen LogP contribution in [0.2, 0.25) is 0 Å². The minimum Gasteiger partial charge on any atom is -0.378 e. The Kier molecular flexibility index (Phi) is 9.73. The number of halogens is 1. The van der Waals surface area contributed by atoms with Crippen LogP contribution in [0.4, 0.5) is 5.69 Å². The molecule has 2 aromatic carbocycles. The van der Waals surface area contributed by atoms with Gasteiger partial charge in [-0.3, -0.25) is 0 Å². The zero-order valence-electron chi connectivity index (χ0n) is 17.7. The van der Waals surface area contributed by atoms with Crippen LogP contribution in [0.25, 0.3) is 0 Å². The molecule has 1 fully saturated rings. The number of aryl methyl sites for hydroxylation is 2. The highest BCUT2D eigenvalue weighted by Crippen LogP contribution is 2.22. The molecule has 1 aliphatic rings. The maximum atomic E-state index is 5.49. The predicted molar refractivity (Wildman–Crippen MR) is 132 cm³/mol. The van der Waals surface area contributed by atoms with E-state index >= 15 is 0 Å². The van der Waals surface area contributed by atoms with Gasteiger partial charge in [0.2, 0.25) is 0 Å². The molecular formula is C23H33IN4O. The number of rotatable bonds is 6. The molecular weight excluding hydrogens is 475 g/mol. The van der Waals surface area contributed by atoms with E-state index in [2.05, 4.69) is 78.8 Å². The smallest absolute Gasteiger partial charge is 0.191 e. The maximum absolute atomic E-state index is 5.49. The van der Waals surface area contributed by atoms with Gasteiger partial charge in [-0.25, -0.2) is 4.99 Å². The zero-order valence-corrected chi connectivity index (χ0v) is 20.0. The van der Waals surface area contributed by atoms with Crippen LogP contribution in [-0.4, -0.2) is 38.8 Å². The molecule has 5 nitrogen and oxygen atoms in total. The number of morpholine rings is 1. The first kappa shape index (κ1) is 23.5. The van der Waals surface area contributed by atoms with Crippen molar-refractivity contribution in [3.8, 4) is 0 Å². The number of nitrogens with one attached hydrogen (secondary N) is 2. The number of guanidine groups is 1. The number of aliphatic imine (C=N–C) groups is 1. The van der Waals surface area contributed by atoms with Gasteiger partial charge in [0.15, 0.2) is 5.96 Å². The van der Waals surface area contributed by atoms with E-state index in [4.69, 9.17) is 9.73 Å². The minimum atomic E-state index is 0. The van der Waals surface area contributed by atoms with Crippen molar-refractivity contribution in [3.63, 3.8) is 0 Å². The van der Waals surface area contributed by atoms with Crippen LogP contribution < -0.4 is 15.5 Å². The van der Waals surface area contributed by atoms with Crippen molar-refractivity contribution in [3.05, 3.63) is 64.7 Å². The van der Waals surface area contributed by atoms with Crippen LogP contribution >= 0.6 is 24.0 Å². The van der Waals surface area contributed by atoms with Gasteiger partial charge in [0.25, 0.3) is 0 Å². The molecule has 158 valence electrons. The highest BCUT2D eigenvalue weighted by Gasteiger charge is 2.14. The van der Waals surface area contributed by atoms with E-state index in [0.717, 1.165) is 45.4 Å². The van der Waals surface area contributed by atoms with Crippen molar-refractivity contribution >= 4 is 35.6 Å². The summed E-state index contributed by atoms with van der Waals surface area (Å²) in [7, 11) is 0. The molecule has 0 radical (unpaired) electrons. The Hall–Kier alpha value is -1.80. The lowest BCUT2D eigenvalue weighted by Crippen LogP contribution is -2.37. The first-order valence-corrected chi connectivity index (χ1v) is 10.2. The Bertz CT molecular complexity index is 803. The van der Waals surface area contributed by atoms with Crippen molar-refractivity contribution in [1.82, 2.24) is 10.6 Å². The summed E-state index contributed by atoms with van der Waals surface area (Å²) in [5.74, 6) is 0.847. The van der Waals surface area contributed by atoms with Crippen LogP contribution in [0.1, 0.15) is 29.2 Å². The molecule has 0 aliphatic carbocycles. The summed E-state index contributed by atoms with van der Waals surface area (Å²) in [6, 6.07) is 15.1. The summed E-state index contributed by atoms with van der Waals surface area (Å²) >= 11 is 0. The van der Waals surface area contributed by atoms with Gasteiger partial charge >= 0.3 is 0 Å². The molecule has 2 aromatic rings. The third-order valence-corrected chi connectivity index (χ3v) is 5.04. The van der Waals surface area contributed by atoms with Crippen molar-refractivity contribution in [2.75, 3.05) is 37.7 Å². The average molecular weight is 508 g/mol. The first-order valence-electron chi connectivity index (χ1n) is 10.2. The van der Waals surface area contributed by atoms with Crippen molar-refractivity contribution in [2.24, 2.45) is 4.99 Å². The van der Waals surface area contributed by atoms with Crippen LogP contribution in [-0.2, 0) is 17.8 Å². The Morgan fingerprint density at radius 1 is 1.03 bits per heavy atom. The van der Waals surface area contributed by atoms with Gasteiger partial charge in [0.1, 0.15) is 0 Å². The number of hydrogen-bond donors (Lipinski definition) is 2. The van der Waals surface area contributed by atoms with E-state index < -0.39 is 0 Å². The lowest BCUT2D eigenvalue weighted by atomic mass is 10.1. The third-order valence-electron chi connectivity index (χ3n) is 5.04. The van der Waals surface area contributed by atoms with Crippen LogP contribution in [0.5, 0.6) is 0 Å². The Balaban J connectivity index is 0.00000300. The monoisotopic (exact) mass is 508 g/mol. The molecule has 1 aliphatic heterocycles. The molecule has 0 bridgehead atoms. The molecule has 1 saturated heterocycles. The normalized spacial score (nSPS) is 14.3. The second-order valence-electron chi connectivity index (χ2n) is 7.21. The van der Waals surface area contributed by atoms with Crippen molar-refractivity contribution in [2.45, 2.75) is 33.9 Å². The van der Waals surface area contributed by atoms with Crippen LogP contribution in [0, 0.1) is 13.8 Å². The number of anilines is 1. The van der Waals surface area contributed by atoms with Crippen molar-refractivity contribution < 1.29 is 4.74 Å². The Morgan fingerprint density at radius 3 is 2.52 bits per heavy atom. The fraction of sp³-hybridized carbons (Fsp3) is 0.435. The van der Waals surface area contributed by atoms with Gasteiger partial charge in [-0.15, -0.1) is 24.0 Å². The molecule has 0 atom stereocenters. The zero-order chi connectivity index (χ0) is 19.8. The van der Waals surface area contributed by atoms with Gasteiger partial charge in [-0.2, -0.15) is 0 Å². The van der Waals surface area contributed by atoms with E-state index in [0.29, 0.717) is 6.54 Å². The van der Waals surface area contributed by atoms with E-state index in [-0.39, 0.29) is 24.0 Å². The molecule has 0 amide bonds. The second-order valence-corrected chi connectivity index (χ2v) is 7.21. The summed E-state index contributed by atoms with van der Waals surface area (Å²) in [6.45, 7) is 12.1. The van der Waals surface area contributed by atoms with Gasteiger partial charge in [0, 0.05) is 31.9 Å². The summed E-state index contributed by atoms with van der Waals surface area (Å²) in [5.41, 5.74) is 6.40. The summed E-state index contributed by atoms with van der Waals surface area (Å²) in [5, 5.41) is 6.83. The van der Waals surface area contributed by atoms with Gasteiger partial charge in [-0.05, 0) is 43.5 Å². The van der Waals surface area contributed by atoms with E-state index in [1.165, 1.54) is 27.9 Å². The first-order chi connectivity index (χ1) is 13.7. The Labute approximate surface area is 192 Å². The van der Waals surface area contributed by atoms with Crippen molar-refractivity contribution in [1.29, 1.82) is 0 Å². The van der Waals surface area contributed by atoms with Gasteiger partial charge < -0.3 is 20.3 Å². The van der Waals surface area contributed by atoms with E-state index in [1.54, 1.807) is 0 Å². The minimum absolute atomic E-state index is 0. The quantitative estimate of drug-likeness (QED) is 0.352. The topological polar surface area (TPSA) is 48.9 Å². The second kappa shape index (κ2) is 12.0. The predicted octanol–water partition coefficient (Wildman–Crippen LogP) is 4.01. The standard InChI is InChI=1S/C23H32N4O.HI/c1-4-24-23(25-16-20-10-9-18(2)15-19(20)3)26-17-21-7-5-6-8-22(21)27-11-13-28-14-12-27;/h5-10,15H,4,11-14,16-17H2,1-3H3,(H2,24,25,26);1H. The molecule has 6 heteroatoms. The SMILES string of the molecule is CCNC(=NCc1ccccc1N1CCOCC1)NCc1ccc(C)cc1C.I. The molecule has 3 rings (SSSR count). The molecule has 2 N–H and O–H groups in total. The molecule has 0 spiro atoms. The van der Waals surface area contributed by atoms with Crippen LogP contribution in [0.3, 0.4) is 0 Å². The molecule has 1 heterocycles. The van der Waals surface area contributed by atoms with E-state index in [9.17, 15) is 0 Å². The van der Waals surface area contributed by atoms with Gasteiger partial charge in [0.05, 0.1) is 19.8 Å².